The van der Waals surface area contributed by atoms with Gasteiger partial charge in [0.05, 0.1) is 66.3 Å². The van der Waals surface area contributed by atoms with Crippen molar-refractivity contribution < 1.29 is 22.7 Å². The van der Waals surface area contributed by atoms with Crippen LogP contribution < -0.4 is 10.1 Å². The van der Waals surface area contributed by atoms with Gasteiger partial charge in [0.2, 0.25) is 0 Å². The van der Waals surface area contributed by atoms with Crippen molar-refractivity contribution in [2.45, 2.75) is 18.0 Å². The molecule has 0 unspecified atom stereocenters. The SMILES string of the molecule is COc1ccc(-c2ccc3cnc(CNC(=O)c4ccc5c(c4)S(=O)(=O)CCOC5)cc3n2)nc1. The average molecular weight is 491 g/mol. The summed E-state index contributed by atoms with van der Waals surface area (Å²) >= 11 is 0. The van der Waals surface area contributed by atoms with Crippen LogP contribution in [0.2, 0.25) is 0 Å². The molecule has 0 saturated heterocycles. The predicted octanol–water partition coefficient (Wildman–Crippen LogP) is 2.93. The van der Waals surface area contributed by atoms with Crippen LogP contribution in [-0.2, 0) is 27.7 Å². The highest BCUT2D eigenvalue weighted by molar-refractivity contribution is 7.91. The fourth-order valence-corrected chi connectivity index (χ4v) is 5.18. The molecule has 4 aromatic rings. The number of ether oxygens (including phenoxy) is 2. The third-order valence-corrected chi connectivity index (χ3v) is 7.47. The molecular formula is C25H22N4O5S. The van der Waals surface area contributed by atoms with E-state index in [1.807, 2.05) is 30.3 Å². The monoisotopic (exact) mass is 490 g/mol. The molecule has 0 spiro atoms. The topological polar surface area (TPSA) is 120 Å². The number of pyridine rings is 3. The minimum absolute atomic E-state index is 0.104. The lowest BCUT2D eigenvalue weighted by Gasteiger charge is -2.10. The third kappa shape index (κ3) is 4.84. The Morgan fingerprint density at radius 1 is 1.06 bits per heavy atom. The first-order valence-electron chi connectivity index (χ1n) is 10.9. The van der Waals surface area contributed by atoms with Crippen molar-refractivity contribution in [3.8, 4) is 17.1 Å². The number of fused-ring (bicyclic) bond motifs is 2. The number of methoxy groups -OCH3 is 1. The fraction of sp³-hybridized carbons (Fsp3) is 0.200. The van der Waals surface area contributed by atoms with Gasteiger partial charge in [-0.3, -0.25) is 14.8 Å². The van der Waals surface area contributed by atoms with Gasteiger partial charge in [-0.25, -0.2) is 13.4 Å². The van der Waals surface area contributed by atoms with Crippen molar-refractivity contribution >= 4 is 26.6 Å². The van der Waals surface area contributed by atoms with Gasteiger partial charge in [0, 0.05) is 17.1 Å². The van der Waals surface area contributed by atoms with E-state index in [1.165, 1.54) is 6.07 Å². The van der Waals surface area contributed by atoms with Gasteiger partial charge in [0.25, 0.3) is 5.91 Å². The molecule has 5 rings (SSSR count). The molecule has 0 atom stereocenters. The number of hydrogen-bond donors (Lipinski definition) is 1. The van der Waals surface area contributed by atoms with E-state index in [-0.39, 0.29) is 41.9 Å². The van der Waals surface area contributed by atoms with E-state index in [0.29, 0.717) is 28.4 Å². The molecule has 9 nitrogen and oxygen atoms in total. The van der Waals surface area contributed by atoms with E-state index in [0.717, 1.165) is 10.9 Å². The molecular weight excluding hydrogens is 468 g/mol. The van der Waals surface area contributed by atoms with Gasteiger partial charge in [0.15, 0.2) is 9.84 Å². The summed E-state index contributed by atoms with van der Waals surface area (Å²) in [6.45, 7) is 0.503. The van der Waals surface area contributed by atoms with Gasteiger partial charge < -0.3 is 14.8 Å². The number of aromatic nitrogens is 3. The number of carbonyl (C=O) groups excluding carboxylic acids is 1. The lowest BCUT2D eigenvalue weighted by molar-refractivity contribution is 0.0950. The minimum Gasteiger partial charge on any atom is -0.495 e. The fourth-order valence-electron chi connectivity index (χ4n) is 3.79. The maximum absolute atomic E-state index is 12.8. The van der Waals surface area contributed by atoms with Gasteiger partial charge in [-0.2, -0.15) is 0 Å². The van der Waals surface area contributed by atoms with E-state index in [2.05, 4.69) is 20.3 Å². The molecule has 0 radical (unpaired) electrons. The molecule has 3 aromatic heterocycles. The lowest BCUT2D eigenvalue weighted by Crippen LogP contribution is -2.23. The second kappa shape index (κ2) is 9.40. The van der Waals surface area contributed by atoms with E-state index < -0.39 is 9.84 Å². The molecule has 1 aliphatic heterocycles. The Morgan fingerprint density at radius 2 is 1.91 bits per heavy atom. The average Bonchev–Trinajstić information content (AvgIpc) is 3.04. The van der Waals surface area contributed by atoms with Gasteiger partial charge in [-0.05, 0) is 48.0 Å². The lowest BCUT2D eigenvalue weighted by atomic mass is 10.1. The van der Waals surface area contributed by atoms with Crippen molar-refractivity contribution in [2.24, 2.45) is 0 Å². The molecule has 0 bridgehead atoms. The molecule has 1 aromatic carbocycles. The second-order valence-electron chi connectivity index (χ2n) is 8.02. The van der Waals surface area contributed by atoms with Crippen molar-refractivity contribution in [1.29, 1.82) is 0 Å². The van der Waals surface area contributed by atoms with Crippen molar-refractivity contribution in [1.82, 2.24) is 20.3 Å². The quantitative estimate of drug-likeness (QED) is 0.453. The van der Waals surface area contributed by atoms with Crippen molar-refractivity contribution in [3.05, 3.63) is 77.7 Å². The Hall–Kier alpha value is -3.89. The zero-order chi connectivity index (χ0) is 24.4. The normalized spacial score (nSPS) is 14.7. The summed E-state index contributed by atoms with van der Waals surface area (Å²) in [5, 5.41) is 3.66. The second-order valence-corrected chi connectivity index (χ2v) is 10.1. The first kappa shape index (κ1) is 22.9. The van der Waals surface area contributed by atoms with Crippen LogP contribution in [0.5, 0.6) is 5.75 Å². The first-order chi connectivity index (χ1) is 16.9. The zero-order valence-corrected chi connectivity index (χ0v) is 19.7. The Kier molecular flexibility index (Phi) is 6.14. The van der Waals surface area contributed by atoms with Gasteiger partial charge in [-0.1, -0.05) is 6.07 Å². The van der Waals surface area contributed by atoms with Gasteiger partial charge in [0.1, 0.15) is 5.75 Å². The molecule has 4 heterocycles. The summed E-state index contributed by atoms with van der Waals surface area (Å²) < 4.78 is 35.5. The zero-order valence-electron chi connectivity index (χ0n) is 18.9. The number of carbonyl (C=O) groups is 1. The molecule has 1 N–H and O–H groups in total. The number of sulfone groups is 1. The molecule has 1 amide bonds. The molecule has 10 heteroatoms. The number of nitrogens with one attached hydrogen (secondary N) is 1. The molecule has 0 aliphatic carbocycles. The van der Waals surface area contributed by atoms with Gasteiger partial charge in [-0.15, -0.1) is 0 Å². The summed E-state index contributed by atoms with van der Waals surface area (Å²) in [6.07, 6.45) is 3.33. The minimum atomic E-state index is -3.49. The first-order valence-corrected chi connectivity index (χ1v) is 12.6. The van der Waals surface area contributed by atoms with Crippen LogP contribution >= 0.6 is 0 Å². The van der Waals surface area contributed by atoms with Crippen molar-refractivity contribution in [2.75, 3.05) is 19.5 Å². The van der Waals surface area contributed by atoms with Crippen LogP contribution in [0.25, 0.3) is 22.3 Å². The maximum Gasteiger partial charge on any atom is 0.251 e. The number of rotatable bonds is 5. The molecule has 178 valence electrons. The standard InChI is InChI=1S/C25H22N4O5S/c1-33-20-5-7-21(27-14-20)22-6-4-17-12-26-19(11-23(17)29-22)13-28-25(30)16-2-3-18-15-34-8-9-35(31,32)24(18)10-16/h2-7,10-12,14H,8-9,13,15H2,1H3,(H,28,30). The van der Waals surface area contributed by atoms with Crippen LogP contribution in [0.4, 0.5) is 0 Å². The van der Waals surface area contributed by atoms with E-state index in [9.17, 15) is 13.2 Å². The van der Waals surface area contributed by atoms with Crippen LogP contribution in [0.15, 0.2) is 65.8 Å². The summed E-state index contributed by atoms with van der Waals surface area (Å²) in [5.74, 6) is 0.170. The number of hydrogen-bond acceptors (Lipinski definition) is 8. The third-order valence-electron chi connectivity index (χ3n) is 5.71. The molecule has 35 heavy (non-hydrogen) atoms. The largest absolute Gasteiger partial charge is 0.495 e. The van der Waals surface area contributed by atoms with E-state index in [1.54, 1.807) is 31.6 Å². The van der Waals surface area contributed by atoms with Crippen LogP contribution in [0.3, 0.4) is 0 Å². The highest BCUT2D eigenvalue weighted by atomic mass is 32.2. The predicted molar refractivity (Wildman–Crippen MR) is 129 cm³/mol. The Labute approximate surface area is 202 Å². The Morgan fingerprint density at radius 3 is 2.71 bits per heavy atom. The van der Waals surface area contributed by atoms with Crippen LogP contribution in [-0.4, -0.2) is 48.7 Å². The van der Waals surface area contributed by atoms with Gasteiger partial charge >= 0.3 is 0 Å². The van der Waals surface area contributed by atoms with E-state index in [4.69, 9.17) is 9.47 Å². The maximum atomic E-state index is 12.8. The van der Waals surface area contributed by atoms with Crippen LogP contribution in [0, 0.1) is 0 Å². The summed E-state index contributed by atoms with van der Waals surface area (Å²) in [7, 11) is -1.91. The molecule has 0 saturated carbocycles. The number of benzene rings is 1. The highest BCUT2D eigenvalue weighted by Gasteiger charge is 2.23. The number of amides is 1. The molecule has 1 aliphatic rings. The summed E-state index contributed by atoms with van der Waals surface area (Å²) in [4.78, 5) is 26.4. The Bertz CT molecular complexity index is 1520. The van der Waals surface area contributed by atoms with E-state index >= 15 is 0 Å². The highest BCUT2D eigenvalue weighted by Crippen LogP contribution is 2.24. The molecule has 0 fully saturated rings. The number of nitrogens with zero attached hydrogens (tertiary/aromatic N) is 3. The Balaban J connectivity index is 1.34. The van der Waals surface area contributed by atoms with Crippen molar-refractivity contribution in [3.63, 3.8) is 0 Å². The summed E-state index contributed by atoms with van der Waals surface area (Å²) in [5.41, 5.74) is 3.58. The smallest absolute Gasteiger partial charge is 0.251 e. The van der Waals surface area contributed by atoms with Crippen LogP contribution in [0.1, 0.15) is 21.6 Å². The summed E-state index contributed by atoms with van der Waals surface area (Å²) in [6, 6.07) is 13.9.